The van der Waals surface area contributed by atoms with Crippen molar-refractivity contribution in [1.82, 2.24) is 9.97 Å². The molecule has 2 heterocycles. The maximum atomic E-state index is 12.6. The first-order valence-electron chi connectivity index (χ1n) is 15.5. The standard InChI is InChI=1S/C35H45Cl2N3O3/c1-22-13-15-28-18-23(2)24(3)19-32(28)40(34-33(22)25(4)38-35(43)39-34)17-7-11-26(9-6-12-29(42)21-41)8-5-10-27-14-16-30(36)31(37)20-27/h14,16,18-20,26,29,41-42H,4-13,15,17,21H2,1-3H3,(H,38,43). The molecule has 0 aliphatic carbocycles. The minimum Gasteiger partial charge on any atom is -0.394 e. The van der Waals surface area contributed by atoms with Gasteiger partial charge in [-0.25, -0.2) is 4.79 Å². The Labute approximate surface area is 265 Å². The molecule has 1 aromatic heterocycles. The van der Waals surface area contributed by atoms with Gasteiger partial charge in [0, 0.05) is 22.8 Å². The van der Waals surface area contributed by atoms with Gasteiger partial charge in [-0.1, -0.05) is 66.7 Å². The summed E-state index contributed by atoms with van der Waals surface area (Å²) in [6.07, 6.45) is 8.50. The minimum absolute atomic E-state index is 0.203. The number of benzene rings is 2. The fraction of sp³-hybridized carbons (Fsp3) is 0.486. The van der Waals surface area contributed by atoms with Crippen molar-refractivity contribution in [3.05, 3.63) is 83.7 Å². The zero-order chi connectivity index (χ0) is 31.1. The van der Waals surface area contributed by atoms with Crippen LogP contribution in [0.4, 0.5) is 11.5 Å². The van der Waals surface area contributed by atoms with Crippen LogP contribution in [0.25, 0.3) is 12.2 Å². The summed E-state index contributed by atoms with van der Waals surface area (Å²) in [6.45, 7) is 11.1. The maximum Gasteiger partial charge on any atom is 0.347 e. The van der Waals surface area contributed by atoms with Gasteiger partial charge in [0.05, 0.1) is 22.8 Å². The van der Waals surface area contributed by atoms with E-state index in [2.05, 4.69) is 54.4 Å². The fourth-order valence-electron chi connectivity index (χ4n) is 6.24. The van der Waals surface area contributed by atoms with Crippen molar-refractivity contribution in [2.45, 2.75) is 91.1 Å². The van der Waals surface area contributed by atoms with Crippen LogP contribution in [-0.2, 0) is 12.8 Å². The smallest absolute Gasteiger partial charge is 0.347 e. The summed E-state index contributed by atoms with van der Waals surface area (Å²) in [7, 11) is 0. The molecule has 0 amide bonds. The average molecular weight is 627 g/mol. The molecule has 6 nitrogen and oxygen atoms in total. The lowest BCUT2D eigenvalue weighted by atomic mass is 9.90. The number of aliphatic hydroxyl groups is 2. The Balaban J connectivity index is 1.55. The third-order valence-corrected chi connectivity index (χ3v) is 9.58. The molecule has 0 radical (unpaired) electrons. The minimum atomic E-state index is -0.668. The SMILES string of the molecule is C=c1[nH]c(=O)nc2c1=C(C)CCc1cc(C)c(C)cc1N2CCCC(CCCc1ccc(Cl)c(Cl)c1)CCCC(O)CO. The molecule has 0 bridgehead atoms. The number of hydrogen-bond acceptors (Lipinski definition) is 5. The molecule has 0 spiro atoms. The van der Waals surface area contributed by atoms with Crippen LogP contribution in [0.15, 0.2) is 35.1 Å². The Kier molecular flexibility index (Phi) is 11.9. The molecule has 232 valence electrons. The van der Waals surface area contributed by atoms with E-state index in [4.69, 9.17) is 23.2 Å². The number of H-pyrrole nitrogens is 1. The molecule has 8 heteroatoms. The largest absolute Gasteiger partial charge is 0.394 e. The van der Waals surface area contributed by atoms with Gasteiger partial charge in [-0.05, 0) is 112 Å². The summed E-state index contributed by atoms with van der Waals surface area (Å²) in [5, 5.41) is 21.9. The molecule has 0 fully saturated rings. The van der Waals surface area contributed by atoms with E-state index in [-0.39, 0.29) is 12.3 Å². The first-order valence-corrected chi connectivity index (χ1v) is 16.2. The van der Waals surface area contributed by atoms with Crippen LogP contribution in [0, 0.1) is 19.8 Å². The third-order valence-electron chi connectivity index (χ3n) is 8.84. The number of anilines is 2. The molecule has 3 aromatic rings. The predicted molar refractivity (Wildman–Crippen MR) is 179 cm³/mol. The van der Waals surface area contributed by atoms with Gasteiger partial charge in [0.1, 0.15) is 5.82 Å². The van der Waals surface area contributed by atoms with Gasteiger partial charge < -0.3 is 20.1 Å². The Bertz CT molecular complexity index is 1590. The molecule has 1 aliphatic heterocycles. The topological polar surface area (TPSA) is 89.5 Å². The van der Waals surface area contributed by atoms with Crippen molar-refractivity contribution < 1.29 is 10.2 Å². The van der Waals surface area contributed by atoms with Gasteiger partial charge in [0.15, 0.2) is 0 Å². The van der Waals surface area contributed by atoms with Crippen molar-refractivity contribution in [2.75, 3.05) is 18.1 Å². The van der Waals surface area contributed by atoms with Gasteiger partial charge in [0.2, 0.25) is 0 Å². The number of fused-ring (bicyclic) bond motifs is 2. The molecule has 1 aliphatic rings. The van der Waals surface area contributed by atoms with Crippen LogP contribution in [-0.4, -0.2) is 39.4 Å². The van der Waals surface area contributed by atoms with E-state index in [0.29, 0.717) is 33.6 Å². The summed E-state index contributed by atoms with van der Waals surface area (Å²) >= 11 is 12.3. The monoisotopic (exact) mass is 625 g/mol. The molecular formula is C35H45Cl2N3O3. The second-order valence-corrected chi connectivity index (χ2v) is 12.9. The van der Waals surface area contributed by atoms with Gasteiger partial charge in [-0.2, -0.15) is 4.98 Å². The Hall–Kier alpha value is -2.64. The van der Waals surface area contributed by atoms with Crippen LogP contribution in [0.5, 0.6) is 0 Å². The number of halogens is 2. The van der Waals surface area contributed by atoms with Crippen LogP contribution < -0.4 is 21.2 Å². The fourth-order valence-corrected chi connectivity index (χ4v) is 6.57. The predicted octanol–water partition coefficient (Wildman–Crippen LogP) is 6.30. The third kappa shape index (κ3) is 8.72. The van der Waals surface area contributed by atoms with Gasteiger partial charge >= 0.3 is 5.69 Å². The highest BCUT2D eigenvalue weighted by Gasteiger charge is 2.22. The number of aromatic nitrogens is 2. The second-order valence-electron chi connectivity index (χ2n) is 12.1. The number of hydrogen-bond donors (Lipinski definition) is 3. The van der Waals surface area contributed by atoms with Crippen LogP contribution >= 0.6 is 23.2 Å². The molecule has 0 saturated heterocycles. The highest BCUT2D eigenvalue weighted by molar-refractivity contribution is 6.42. The molecule has 2 atom stereocenters. The van der Waals surface area contributed by atoms with Crippen molar-refractivity contribution in [3.8, 4) is 0 Å². The summed E-state index contributed by atoms with van der Waals surface area (Å²) < 4.78 is 0. The van der Waals surface area contributed by atoms with E-state index in [9.17, 15) is 15.0 Å². The van der Waals surface area contributed by atoms with Crippen molar-refractivity contribution in [1.29, 1.82) is 0 Å². The van der Waals surface area contributed by atoms with E-state index in [1.807, 2.05) is 18.2 Å². The lowest BCUT2D eigenvalue weighted by Crippen LogP contribution is -2.42. The normalized spacial score (nSPS) is 14.6. The molecule has 4 rings (SSSR count). The average Bonchev–Trinajstić information content (AvgIpc) is 2.96. The molecular weight excluding hydrogens is 581 g/mol. The summed E-state index contributed by atoms with van der Waals surface area (Å²) in [5.41, 5.74) is 6.86. The number of rotatable bonds is 13. The summed E-state index contributed by atoms with van der Waals surface area (Å²) in [6, 6.07) is 10.4. The lowest BCUT2D eigenvalue weighted by molar-refractivity contribution is 0.0847. The first kappa shape index (κ1) is 33.3. The van der Waals surface area contributed by atoms with E-state index in [1.165, 1.54) is 27.8 Å². The Morgan fingerprint density at radius 1 is 0.977 bits per heavy atom. The number of aliphatic hydroxyl groups excluding tert-OH is 2. The Morgan fingerprint density at radius 3 is 2.44 bits per heavy atom. The van der Waals surface area contributed by atoms with Crippen LogP contribution in [0.3, 0.4) is 0 Å². The zero-order valence-electron chi connectivity index (χ0n) is 25.7. The van der Waals surface area contributed by atoms with Gasteiger partial charge in [-0.15, -0.1) is 0 Å². The van der Waals surface area contributed by atoms with Crippen LogP contribution in [0.1, 0.15) is 80.5 Å². The lowest BCUT2D eigenvalue weighted by Gasteiger charge is -2.30. The zero-order valence-corrected chi connectivity index (χ0v) is 27.2. The maximum absolute atomic E-state index is 12.6. The summed E-state index contributed by atoms with van der Waals surface area (Å²) in [5.74, 6) is 1.16. The second kappa shape index (κ2) is 15.4. The van der Waals surface area contributed by atoms with E-state index in [0.717, 1.165) is 75.2 Å². The Morgan fingerprint density at radius 2 is 1.70 bits per heavy atom. The van der Waals surface area contributed by atoms with Crippen LogP contribution in [0.2, 0.25) is 10.0 Å². The van der Waals surface area contributed by atoms with E-state index in [1.54, 1.807) is 0 Å². The number of aryl methyl sites for hydroxylation is 4. The molecule has 2 aromatic carbocycles. The summed E-state index contributed by atoms with van der Waals surface area (Å²) in [4.78, 5) is 22.2. The van der Waals surface area contributed by atoms with Crippen molar-refractivity contribution in [2.24, 2.45) is 5.92 Å². The molecule has 43 heavy (non-hydrogen) atoms. The van der Waals surface area contributed by atoms with E-state index < -0.39 is 6.10 Å². The number of aromatic amines is 1. The highest BCUT2D eigenvalue weighted by Crippen LogP contribution is 2.33. The van der Waals surface area contributed by atoms with Crippen molar-refractivity contribution in [3.63, 3.8) is 0 Å². The number of nitrogens with zero attached hydrogens (tertiary/aromatic N) is 2. The number of nitrogens with one attached hydrogen (secondary N) is 1. The highest BCUT2D eigenvalue weighted by atomic mass is 35.5. The van der Waals surface area contributed by atoms with E-state index >= 15 is 0 Å². The van der Waals surface area contributed by atoms with Crippen molar-refractivity contribution >= 4 is 46.9 Å². The molecule has 0 saturated carbocycles. The first-order chi connectivity index (χ1) is 20.6. The van der Waals surface area contributed by atoms with Gasteiger partial charge in [-0.3, -0.25) is 0 Å². The molecule has 2 unspecified atom stereocenters. The van der Waals surface area contributed by atoms with Gasteiger partial charge in [0.25, 0.3) is 0 Å². The molecule has 3 N–H and O–H groups in total. The quantitative estimate of drug-likeness (QED) is 0.207.